The maximum absolute atomic E-state index is 11.9. The summed E-state index contributed by atoms with van der Waals surface area (Å²) in [5.41, 5.74) is 0. The van der Waals surface area contributed by atoms with E-state index in [1.165, 1.54) is 12.8 Å². The number of hydrogen-bond acceptors (Lipinski definition) is 3. The zero-order valence-electron chi connectivity index (χ0n) is 10.1. The second-order valence-corrected chi connectivity index (χ2v) is 4.76. The van der Waals surface area contributed by atoms with Crippen LogP contribution in [0, 0.1) is 0 Å². The van der Waals surface area contributed by atoms with Crippen LogP contribution in [0.3, 0.4) is 0 Å². The molecule has 0 aromatic heterocycles. The average molecular weight is 248 g/mol. The van der Waals surface area contributed by atoms with E-state index in [1.807, 2.05) is 11.9 Å². The van der Waals surface area contributed by atoms with Crippen LogP contribution in [0.1, 0.15) is 19.8 Å². The summed E-state index contributed by atoms with van der Waals surface area (Å²) in [7, 11) is 1.94. The van der Waals surface area contributed by atoms with E-state index >= 15 is 0 Å². The summed E-state index contributed by atoms with van der Waals surface area (Å²) in [6, 6.07) is 1.02. The zero-order chi connectivity index (χ0) is 10.8. The predicted octanol–water partition coefficient (Wildman–Crippen LogP) is 0.323. The van der Waals surface area contributed by atoms with Crippen molar-refractivity contribution < 1.29 is 4.79 Å². The van der Waals surface area contributed by atoms with Gasteiger partial charge in [0.05, 0.1) is 6.54 Å². The van der Waals surface area contributed by atoms with Crippen molar-refractivity contribution in [1.82, 2.24) is 15.1 Å². The second-order valence-electron chi connectivity index (χ2n) is 4.76. The molecule has 0 aromatic carbocycles. The number of nitrogens with zero attached hydrogens (tertiary/aromatic N) is 2. The highest BCUT2D eigenvalue weighted by Gasteiger charge is 2.31. The van der Waals surface area contributed by atoms with Crippen LogP contribution in [0.25, 0.3) is 0 Å². The fourth-order valence-corrected chi connectivity index (χ4v) is 2.07. The summed E-state index contributed by atoms with van der Waals surface area (Å²) < 4.78 is 0. The number of carbonyl (C=O) groups excluding carboxylic acids is 1. The van der Waals surface area contributed by atoms with Crippen LogP contribution in [0.15, 0.2) is 0 Å². The lowest BCUT2D eigenvalue weighted by molar-refractivity contribution is -0.132. The van der Waals surface area contributed by atoms with Gasteiger partial charge in [-0.25, -0.2) is 0 Å². The van der Waals surface area contributed by atoms with Crippen molar-refractivity contribution in [2.24, 2.45) is 0 Å². The highest BCUT2D eigenvalue weighted by molar-refractivity contribution is 5.85. The Hall–Kier alpha value is -0.320. The lowest BCUT2D eigenvalue weighted by Gasteiger charge is -2.34. The molecule has 1 saturated carbocycles. The van der Waals surface area contributed by atoms with Crippen LogP contribution in [0.2, 0.25) is 0 Å². The van der Waals surface area contributed by atoms with Gasteiger partial charge in [0.15, 0.2) is 0 Å². The van der Waals surface area contributed by atoms with Crippen molar-refractivity contribution in [2.75, 3.05) is 33.2 Å². The van der Waals surface area contributed by atoms with Crippen LogP contribution in [-0.2, 0) is 4.79 Å². The fraction of sp³-hybridized carbons (Fsp3) is 0.909. The second kappa shape index (κ2) is 5.84. The number of amides is 1. The molecule has 0 aromatic rings. The molecule has 1 N–H and O–H groups in total. The van der Waals surface area contributed by atoms with E-state index in [4.69, 9.17) is 0 Å². The molecule has 1 heterocycles. The molecule has 5 heteroatoms. The van der Waals surface area contributed by atoms with Gasteiger partial charge < -0.3 is 10.2 Å². The van der Waals surface area contributed by atoms with Crippen LogP contribution in [0.5, 0.6) is 0 Å². The van der Waals surface area contributed by atoms with Crippen molar-refractivity contribution in [2.45, 2.75) is 31.8 Å². The van der Waals surface area contributed by atoms with Gasteiger partial charge in [0.1, 0.15) is 0 Å². The van der Waals surface area contributed by atoms with Crippen LogP contribution in [-0.4, -0.2) is 61.0 Å². The minimum Gasteiger partial charge on any atom is -0.342 e. The van der Waals surface area contributed by atoms with E-state index in [2.05, 4.69) is 17.1 Å². The summed E-state index contributed by atoms with van der Waals surface area (Å²) in [5.74, 6) is 0.284. The maximum Gasteiger partial charge on any atom is 0.236 e. The van der Waals surface area contributed by atoms with Gasteiger partial charge in [-0.15, -0.1) is 12.4 Å². The summed E-state index contributed by atoms with van der Waals surface area (Å²) in [5, 5.41) is 3.34. The molecule has 0 radical (unpaired) electrons. The number of nitrogens with one attached hydrogen (secondary N) is 1. The quantitative estimate of drug-likeness (QED) is 0.781. The Morgan fingerprint density at radius 1 is 1.50 bits per heavy atom. The van der Waals surface area contributed by atoms with Gasteiger partial charge in [-0.2, -0.15) is 0 Å². The van der Waals surface area contributed by atoms with Gasteiger partial charge in [0, 0.05) is 38.8 Å². The first-order chi connectivity index (χ1) is 7.18. The number of halogens is 1. The average Bonchev–Trinajstić information content (AvgIpc) is 3.04. The first kappa shape index (κ1) is 13.7. The minimum atomic E-state index is 0. The summed E-state index contributed by atoms with van der Waals surface area (Å²) in [6.07, 6.45) is 2.39. The molecule has 1 aliphatic heterocycles. The van der Waals surface area contributed by atoms with Crippen molar-refractivity contribution in [3.05, 3.63) is 0 Å². The third-order valence-electron chi connectivity index (χ3n) is 3.47. The third kappa shape index (κ3) is 3.34. The molecular formula is C11H22ClN3O. The highest BCUT2D eigenvalue weighted by atomic mass is 35.5. The van der Waals surface area contributed by atoms with E-state index < -0.39 is 0 Å². The molecule has 1 unspecified atom stereocenters. The molecule has 94 valence electrons. The molecule has 1 atom stereocenters. The standard InChI is InChI=1S/C11H21N3O.ClH/c1-9-7-12-5-6-14(9)8-11(15)13(2)10-3-4-10;/h9-10,12H,3-8H2,1-2H3;1H. The molecule has 2 rings (SSSR count). The van der Waals surface area contributed by atoms with Gasteiger partial charge in [0.2, 0.25) is 5.91 Å². The molecule has 0 bridgehead atoms. The van der Waals surface area contributed by atoms with Crippen molar-refractivity contribution in [3.8, 4) is 0 Å². The fourth-order valence-electron chi connectivity index (χ4n) is 2.07. The Bertz CT molecular complexity index is 245. The van der Waals surface area contributed by atoms with Crippen molar-refractivity contribution in [3.63, 3.8) is 0 Å². The third-order valence-corrected chi connectivity index (χ3v) is 3.47. The summed E-state index contributed by atoms with van der Waals surface area (Å²) >= 11 is 0. The van der Waals surface area contributed by atoms with Gasteiger partial charge >= 0.3 is 0 Å². The molecule has 2 fully saturated rings. The Kier molecular flexibility index (Phi) is 5.02. The largest absolute Gasteiger partial charge is 0.342 e. The molecule has 1 amide bonds. The number of hydrogen-bond donors (Lipinski definition) is 1. The lowest BCUT2D eigenvalue weighted by atomic mass is 10.2. The molecule has 0 spiro atoms. The first-order valence-electron chi connectivity index (χ1n) is 5.89. The molecular weight excluding hydrogens is 226 g/mol. The summed E-state index contributed by atoms with van der Waals surface area (Å²) in [6.45, 7) is 5.77. The number of piperazine rings is 1. The van der Waals surface area contributed by atoms with Gasteiger partial charge in [-0.1, -0.05) is 0 Å². The molecule has 1 saturated heterocycles. The monoisotopic (exact) mass is 247 g/mol. The molecule has 16 heavy (non-hydrogen) atoms. The van der Waals surface area contributed by atoms with Crippen molar-refractivity contribution >= 4 is 18.3 Å². The number of likely N-dealkylation sites (N-methyl/N-ethyl adjacent to an activating group) is 1. The minimum absolute atomic E-state index is 0. The van der Waals surface area contributed by atoms with Gasteiger partial charge in [-0.05, 0) is 19.8 Å². The van der Waals surface area contributed by atoms with Gasteiger partial charge in [0.25, 0.3) is 0 Å². The van der Waals surface area contributed by atoms with E-state index in [1.54, 1.807) is 0 Å². The molecule has 4 nitrogen and oxygen atoms in total. The Labute approximate surface area is 104 Å². The van der Waals surface area contributed by atoms with Crippen LogP contribution in [0.4, 0.5) is 0 Å². The van der Waals surface area contributed by atoms with E-state index in [0.717, 1.165) is 19.6 Å². The Balaban J connectivity index is 0.00000128. The van der Waals surface area contributed by atoms with Crippen LogP contribution < -0.4 is 5.32 Å². The zero-order valence-corrected chi connectivity index (χ0v) is 10.9. The maximum atomic E-state index is 11.9. The Morgan fingerprint density at radius 3 is 2.75 bits per heavy atom. The lowest BCUT2D eigenvalue weighted by Crippen LogP contribution is -2.53. The normalized spacial score (nSPS) is 26.0. The van der Waals surface area contributed by atoms with Gasteiger partial charge in [-0.3, -0.25) is 9.69 Å². The van der Waals surface area contributed by atoms with E-state index in [9.17, 15) is 4.79 Å². The van der Waals surface area contributed by atoms with Crippen molar-refractivity contribution in [1.29, 1.82) is 0 Å². The molecule has 2 aliphatic rings. The SMILES string of the molecule is CC1CNCCN1CC(=O)N(C)C1CC1.Cl. The predicted molar refractivity (Wildman–Crippen MR) is 66.9 cm³/mol. The van der Waals surface area contributed by atoms with E-state index in [0.29, 0.717) is 18.6 Å². The van der Waals surface area contributed by atoms with Crippen LogP contribution >= 0.6 is 12.4 Å². The Morgan fingerprint density at radius 2 is 2.19 bits per heavy atom. The van der Waals surface area contributed by atoms with E-state index in [-0.39, 0.29) is 18.3 Å². The number of rotatable bonds is 3. The summed E-state index contributed by atoms with van der Waals surface area (Å²) in [4.78, 5) is 16.1. The smallest absolute Gasteiger partial charge is 0.236 e. The molecule has 1 aliphatic carbocycles. The number of carbonyl (C=O) groups is 1. The first-order valence-corrected chi connectivity index (χ1v) is 5.89. The topological polar surface area (TPSA) is 35.6 Å². The highest BCUT2D eigenvalue weighted by Crippen LogP contribution is 2.25.